The van der Waals surface area contributed by atoms with E-state index in [0.29, 0.717) is 5.92 Å². The standard InChI is InChI=1S/C14H21FN2/c15-14-5-3-13(4-6-14)11-17-8-1-2-12(10-16)7-9-17/h3-6,12H,1-2,7-11,16H2. The molecule has 0 spiro atoms. The fraction of sp³-hybridized carbons (Fsp3) is 0.571. The van der Waals surface area contributed by atoms with Crippen LogP contribution in [-0.2, 0) is 6.54 Å². The van der Waals surface area contributed by atoms with Crippen molar-refractivity contribution in [1.29, 1.82) is 0 Å². The second-order valence-corrected chi connectivity index (χ2v) is 4.94. The summed E-state index contributed by atoms with van der Waals surface area (Å²) in [6.07, 6.45) is 3.66. The van der Waals surface area contributed by atoms with Crippen molar-refractivity contribution in [3.63, 3.8) is 0 Å². The van der Waals surface area contributed by atoms with Gasteiger partial charge in [-0.3, -0.25) is 4.90 Å². The van der Waals surface area contributed by atoms with E-state index in [2.05, 4.69) is 4.90 Å². The topological polar surface area (TPSA) is 29.3 Å². The van der Waals surface area contributed by atoms with Crippen LogP contribution >= 0.6 is 0 Å². The Balaban J connectivity index is 1.88. The van der Waals surface area contributed by atoms with E-state index in [1.54, 1.807) is 0 Å². The van der Waals surface area contributed by atoms with E-state index in [1.807, 2.05) is 12.1 Å². The maximum atomic E-state index is 12.8. The molecule has 94 valence electrons. The highest BCUT2D eigenvalue weighted by atomic mass is 19.1. The van der Waals surface area contributed by atoms with Crippen molar-refractivity contribution in [2.75, 3.05) is 19.6 Å². The molecule has 2 nitrogen and oxygen atoms in total. The summed E-state index contributed by atoms with van der Waals surface area (Å²) in [5.41, 5.74) is 6.92. The minimum atomic E-state index is -0.159. The van der Waals surface area contributed by atoms with Crippen LogP contribution in [-0.4, -0.2) is 24.5 Å². The van der Waals surface area contributed by atoms with Crippen LogP contribution < -0.4 is 5.73 Å². The largest absolute Gasteiger partial charge is 0.330 e. The second-order valence-electron chi connectivity index (χ2n) is 4.94. The number of halogens is 1. The lowest BCUT2D eigenvalue weighted by molar-refractivity contribution is 0.273. The average molecular weight is 236 g/mol. The molecule has 0 bridgehead atoms. The third-order valence-electron chi connectivity index (χ3n) is 3.59. The number of hydrogen-bond donors (Lipinski definition) is 1. The minimum absolute atomic E-state index is 0.159. The van der Waals surface area contributed by atoms with Gasteiger partial charge in [0.1, 0.15) is 5.82 Å². The summed E-state index contributed by atoms with van der Waals surface area (Å²) < 4.78 is 12.8. The second kappa shape index (κ2) is 6.12. The first-order valence-electron chi connectivity index (χ1n) is 6.45. The predicted octanol–water partition coefficient (Wildman–Crippen LogP) is 2.39. The van der Waals surface area contributed by atoms with Crippen molar-refractivity contribution in [3.05, 3.63) is 35.6 Å². The molecule has 17 heavy (non-hydrogen) atoms. The van der Waals surface area contributed by atoms with Gasteiger partial charge in [0, 0.05) is 6.54 Å². The van der Waals surface area contributed by atoms with Crippen LogP contribution in [0.25, 0.3) is 0 Å². The van der Waals surface area contributed by atoms with Crippen LogP contribution in [0.2, 0.25) is 0 Å². The van der Waals surface area contributed by atoms with Gasteiger partial charge >= 0.3 is 0 Å². The van der Waals surface area contributed by atoms with Crippen molar-refractivity contribution in [2.45, 2.75) is 25.8 Å². The Bertz CT molecular complexity index is 337. The molecular weight excluding hydrogens is 215 g/mol. The Labute approximate surface area is 103 Å². The fourth-order valence-corrected chi connectivity index (χ4v) is 2.47. The zero-order valence-corrected chi connectivity index (χ0v) is 10.2. The average Bonchev–Trinajstić information content (AvgIpc) is 2.57. The molecule has 2 N–H and O–H groups in total. The highest BCUT2D eigenvalue weighted by molar-refractivity contribution is 5.15. The number of nitrogens with zero attached hydrogens (tertiary/aromatic N) is 1. The van der Waals surface area contributed by atoms with Crippen molar-refractivity contribution in [2.24, 2.45) is 11.7 Å². The Morgan fingerprint density at radius 1 is 1.18 bits per heavy atom. The number of rotatable bonds is 3. The van der Waals surface area contributed by atoms with E-state index in [0.717, 1.165) is 26.2 Å². The first kappa shape index (κ1) is 12.5. The van der Waals surface area contributed by atoms with E-state index in [1.165, 1.54) is 37.0 Å². The molecule has 1 aliphatic heterocycles. The van der Waals surface area contributed by atoms with Crippen molar-refractivity contribution in [1.82, 2.24) is 4.90 Å². The lowest BCUT2D eigenvalue weighted by atomic mass is 10.0. The summed E-state index contributed by atoms with van der Waals surface area (Å²) >= 11 is 0. The Kier molecular flexibility index (Phi) is 4.51. The van der Waals surface area contributed by atoms with Gasteiger partial charge < -0.3 is 5.73 Å². The number of benzene rings is 1. The molecule has 1 saturated heterocycles. The van der Waals surface area contributed by atoms with Crippen LogP contribution in [0.15, 0.2) is 24.3 Å². The number of nitrogens with two attached hydrogens (primary N) is 1. The van der Waals surface area contributed by atoms with E-state index in [4.69, 9.17) is 5.73 Å². The molecule has 1 atom stereocenters. The van der Waals surface area contributed by atoms with Crippen molar-refractivity contribution >= 4 is 0 Å². The number of hydrogen-bond acceptors (Lipinski definition) is 2. The molecule has 0 saturated carbocycles. The fourth-order valence-electron chi connectivity index (χ4n) is 2.47. The summed E-state index contributed by atoms with van der Waals surface area (Å²) in [7, 11) is 0. The Morgan fingerprint density at radius 3 is 2.65 bits per heavy atom. The summed E-state index contributed by atoms with van der Waals surface area (Å²) in [4.78, 5) is 2.45. The van der Waals surface area contributed by atoms with Crippen LogP contribution in [0.1, 0.15) is 24.8 Å². The molecule has 1 unspecified atom stereocenters. The highest BCUT2D eigenvalue weighted by Crippen LogP contribution is 2.18. The van der Waals surface area contributed by atoms with Crippen LogP contribution in [0.5, 0.6) is 0 Å². The van der Waals surface area contributed by atoms with Gasteiger partial charge in [-0.1, -0.05) is 12.1 Å². The summed E-state index contributed by atoms with van der Waals surface area (Å²) in [5, 5.41) is 0. The van der Waals surface area contributed by atoms with Gasteiger partial charge in [0.2, 0.25) is 0 Å². The van der Waals surface area contributed by atoms with E-state index in [-0.39, 0.29) is 5.82 Å². The molecule has 3 heteroatoms. The van der Waals surface area contributed by atoms with Crippen LogP contribution in [0.4, 0.5) is 4.39 Å². The molecule has 0 amide bonds. The third-order valence-corrected chi connectivity index (χ3v) is 3.59. The lowest BCUT2D eigenvalue weighted by Gasteiger charge is -2.20. The van der Waals surface area contributed by atoms with Gasteiger partial charge in [0.05, 0.1) is 0 Å². The SMILES string of the molecule is NCC1CCCN(Cc2ccc(F)cc2)CC1. The first-order valence-corrected chi connectivity index (χ1v) is 6.45. The smallest absolute Gasteiger partial charge is 0.123 e. The molecule has 0 aromatic heterocycles. The zero-order chi connectivity index (χ0) is 12.1. The molecule has 1 aliphatic rings. The molecule has 0 aliphatic carbocycles. The van der Waals surface area contributed by atoms with Crippen molar-refractivity contribution in [3.8, 4) is 0 Å². The minimum Gasteiger partial charge on any atom is -0.330 e. The van der Waals surface area contributed by atoms with Crippen LogP contribution in [0.3, 0.4) is 0 Å². The molecule has 1 fully saturated rings. The monoisotopic (exact) mass is 236 g/mol. The predicted molar refractivity (Wildman–Crippen MR) is 68.1 cm³/mol. The van der Waals surface area contributed by atoms with E-state index < -0.39 is 0 Å². The molecule has 0 radical (unpaired) electrons. The quantitative estimate of drug-likeness (QED) is 0.873. The Morgan fingerprint density at radius 2 is 1.94 bits per heavy atom. The molecule has 1 aromatic rings. The van der Waals surface area contributed by atoms with Gasteiger partial charge in [0.25, 0.3) is 0 Å². The van der Waals surface area contributed by atoms with Crippen molar-refractivity contribution < 1.29 is 4.39 Å². The summed E-state index contributed by atoms with van der Waals surface area (Å²) in [5.74, 6) is 0.529. The maximum absolute atomic E-state index is 12.8. The third kappa shape index (κ3) is 3.79. The molecular formula is C14H21FN2. The van der Waals surface area contributed by atoms with Gasteiger partial charge in [-0.2, -0.15) is 0 Å². The lowest BCUT2D eigenvalue weighted by Crippen LogP contribution is -2.24. The normalized spacial score (nSPS) is 22.4. The number of likely N-dealkylation sites (tertiary alicyclic amines) is 1. The van der Waals surface area contributed by atoms with Crippen LogP contribution in [0, 0.1) is 11.7 Å². The zero-order valence-electron chi connectivity index (χ0n) is 10.2. The highest BCUT2D eigenvalue weighted by Gasteiger charge is 2.15. The van der Waals surface area contributed by atoms with E-state index in [9.17, 15) is 4.39 Å². The molecule has 2 rings (SSSR count). The van der Waals surface area contributed by atoms with Gasteiger partial charge in [0.15, 0.2) is 0 Å². The van der Waals surface area contributed by atoms with Gasteiger partial charge in [-0.25, -0.2) is 4.39 Å². The van der Waals surface area contributed by atoms with Gasteiger partial charge in [-0.15, -0.1) is 0 Å². The maximum Gasteiger partial charge on any atom is 0.123 e. The van der Waals surface area contributed by atoms with Gasteiger partial charge in [-0.05, 0) is 62.5 Å². The molecule has 1 aromatic carbocycles. The van der Waals surface area contributed by atoms with E-state index >= 15 is 0 Å². The first-order chi connectivity index (χ1) is 8.28. The summed E-state index contributed by atoms with van der Waals surface area (Å²) in [6, 6.07) is 6.83. The summed E-state index contributed by atoms with van der Waals surface area (Å²) in [6.45, 7) is 3.98. The molecule has 1 heterocycles. The Hall–Kier alpha value is -0.930.